The molecule has 0 N–H and O–H groups in total. The first kappa shape index (κ1) is 28.5. The number of rotatable bonds is 5. The van der Waals surface area contributed by atoms with Crippen LogP contribution in [0.4, 0.5) is 0 Å². The summed E-state index contributed by atoms with van der Waals surface area (Å²) in [6.45, 7) is 9.78. The van der Waals surface area contributed by atoms with Crippen molar-refractivity contribution in [3.63, 3.8) is 0 Å². The van der Waals surface area contributed by atoms with Crippen LogP contribution in [0.15, 0.2) is 150 Å². The average molecular weight is 429 g/mol. The summed E-state index contributed by atoms with van der Waals surface area (Å²) in [4.78, 5) is 0. The molecule has 34 heavy (non-hydrogen) atoms. The van der Waals surface area contributed by atoms with Crippen molar-refractivity contribution in [3.05, 3.63) is 150 Å². The van der Waals surface area contributed by atoms with Crippen molar-refractivity contribution in [3.8, 4) is 0 Å². The van der Waals surface area contributed by atoms with E-state index < -0.39 is 0 Å². The van der Waals surface area contributed by atoms with Gasteiger partial charge >= 0.3 is 0 Å². The summed E-state index contributed by atoms with van der Waals surface area (Å²) in [5.74, 6) is 0.494. The van der Waals surface area contributed by atoms with Crippen molar-refractivity contribution >= 4 is 0 Å². The molecule has 0 heteroatoms. The van der Waals surface area contributed by atoms with Gasteiger partial charge in [-0.15, -0.1) is 0 Å². The van der Waals surface area contributed by atoms with E-state index in [1.807, 2.05) is 0 Å². The third-order valence-corrected chi connectivity index (χ3v) is 3.64. The molecule has 0 aromatic carbocycles. The summed E-state index contributed by atoms with van der Waals surface area (Å²) in [5.41, 5.74) is 62.8. The summed E-state index contributed by atoms with van der Waals surface area (Å²) in [5, 5.41) is 0. The van der Waals surface area contributed by atoms with E-state index in [2.05, 4.69) is 165 Å². The highest BCUT2D eigenvalue weighted by atomic mass is 14.1. The van der Waals surface area contributed by atoms with E-state index in [0.717, 1.165) is 5.57 Å². The normalized spacial score (nSPS) is 6.68. The topological polar surface area (TPSA) is 0 Å². The standard InChI is InChI=1S/C34H20/c1-5-7-9-10-11-12-13-14-15-16-17-18-19-20-21-22-23-24-25-26-27-28-30-32-34(4)33(3)31-29-8-6-2/h33H,1,6,8,29,31H2,2-4H3. The van der Waals surface area contributed by atoms with Crippen LogP contribution in [0.1, 0.15) is 46.5 Å². The van der Waals surface area contributed by atoms with Crippen molar-refractivity contribution in [1.29, 1.82) is 0 Å². The Hall–Kier alpha value is -5.54. The highest BCUT2D eigenvalue weighted by Gasteiger charge is 2.02. The second kappa shape index (κ2) is 23.7. The lowest BCUT2D eigenvalue weighted by atomic mass is 9.97. The second-order valence-corrected chi connectivity index (χ2v) is 6.13. The molecule has 156 valence electrons. The van der Waals surface area contributed by atoms with Gasteiger partial charge in [-0.3, -0.25) is 0 Å². The first-order chi connectivity index (χ1) is 16.7. The fraction of sp³-hybridized carbons (Fsp3) is 0.235. The maximum Gasteiger partial charge on any atom is 0 e. The van der Waals surface area contributed by atoms with Gasteiger partial charge in [-0.05, 0) is 123 Å². The van der Waals surface area contributed by atoms with Crippen LogP contribution in [0.3, 0.4) is 0 Å². The van der Waals surface area contributed by atoms with Crippen LogP contribution in [0.2, 0.25) is 0 Å². The Kier molecular flexibility index (Phi) is 19.9. The molecule has 0 aliphatic heterocycles. The quantitative estimate of drug-likeness (QED) is 0.314. The first-order valence-corrected chi connectivity index (χ1v) is 10.3. The van der Waals surface area contributed by atoms with E-state index in [-0.39, 0.29) is 0 Å². The summed E-state index contributed by atoms with van der Waals surface area (Å²) in [7, 11) is 0. The molecule has 0 amide bonds. The van der Waals surface area contributed by atoms with Gasteiger partial charge in [0.25, 0.3) is 0 Å². The third-order valence-electron chi connectivity index (χ3n) is 3.64. The van der Waals surface area contributed by atoms with Crippen molar-refractivity contribution < 1.29 is 0 Å². The summed E-state index contributed by atoms with van der Waals surface area (Å²) >= 11 is 0. The molecule has 0 aliphatic rings. The molecule has 0 aromatic rings. The maximum absolute atomic E-state index is 3.32. The van der Waals surface area contributed by atoms with Gasteiger partial charge in [0.05, 0.1) is 0 Å². The zero-order valence-electron chi connectivity index (χ0n) is 19.6. The predicted molar refractivity (Wildman–Crippen MR) is 132 cm³/mol. The van der Waals surface area contributed by atoms with Crippen LogP contribution in [0.5, 0.6) is 0 Å². The molecule has 0 saturated carbocycles. The van der Waals surface area contributed by atoms with E-state index in [1.165, 1.54) is 25.7 Å². The lowest BCUT2D eigenvalue weighted by molar-refractivity contribution is 0.555. The molecule has 0 saturated heterocycles. The van der Waals surface area contributed by atoms with Crippen LogP contribution in [-0.4, -0.2) is 0 Å². The van der Waals surface area contributed by atoms with Gasteiger partial charge in [0, 0.05) is 34.4 Å². The van der Waals surface area contributed by atoms with Crippen molar-refractivity contribution in [2.45, 2.75) is 46.5 Å². The number of hydrogen-bond acceptors (Lipinski definition) is 0. The van der Waals surface area contributed by atoms with Gasteiger partial charge in [0.1, 0.15) is 0 Å². The monoisotopic (exact) mass is 428 g/mol. The van der Waals surface area contributed by atoms with Crippen LogP contribution in [0, 0.1) is 5.92 Å². The van der Waals surface area contributed by atoms with Gasteiger partial charge in [-0.25, -0.2) is 0 Å². The van der Waals surface area contributed by atoms with Crippen LogP contribution >= 0.6 is 0 Å². The Morgan fingerprint density at radius 1 is 0.529 bits per heavy atom. The Bertz CT molecular complexity index is 1680. The Balaban J connectivity index is 5.73. The molecular weight excluding hydrogens is 408 g/mol. The smallest absolute Gasteiger partial charge is 0 e. The molecule has 0 radical (unpaired) electrons. The van der Waals surface area contributed by atoms with E-state index in [9.17, 15) is 0 Å². The minimum absolute atomic E-state index is 0.494. The Labute approximate surface area is 202 Å². The molecule has 1 atom stereocenters. The van der Waals surface area contributed by atoms with Gasteiger partial charge in [-0.2, -0.15) is 0 Å². The lowest BCUT2D eigenvalue weighted by Crippen LogP contribution is -1.94. The molecule has 1 unspecified atom stereocenters. The minimum atomic E-state index is 0.494. The summed E-state index contributed by atoms with van der Waals surface area (Å²) < 4.78 is 0. The number of hydrogen-bond donors (Lipinski definition) is 0. The first-order valence-electron chi connectivity index (χ1n) is 10.3. The zero-order valence-corrected chi connectivity index (χ0v) is 19.6. The zero-order chi connectivity index (χ0) is 25.0. The van der Waals surface area contributed by atoms with Gasteiger partial charge in [-0.1, -0.05) is 44.6 Å². The third kappa shape index (κ3) is 21.2. The van der Waals surface area contributed by atoms with Gasteiger partial charge in [0.15, 0.2) is 0 Å². The largest absolute Gasteiger partial charge is 0.0687 e. The molecule has 0 fully saturated rings. The molecule has 0 nitrogen and oxygen atoms in total. The fourth-order valence-electron chi connectivity index (χ4n) is 1.84. The molecule has 0 rings (SSSR count). The van der Waals surface area contributed by atoms with Crippen molar-refractivity contribution in [2.75, 3.05) is 0 Å². The SMILES string of the molecule is C=C=C=C=C=C=C=C=C=C=C=C=C=C=C=C=C=C=C=C=C=C=C=C=C=C(C)C(C)CCCCC. The lowest BCUT2D eigenvalue weighted by Gasteiger charge is -2.08. The molecule has 0 aliphatic carbocycles. The fourth-order valence-corrected chi connectivity index (χ4v) is 1.84. The summed E-state index contributed by atoms with van der Waals surface area (Å²) in [6.07, 6.45) is 4.90. The highest BCUT2D eigenvalue weighted by molar-refractivity contribution is 5.02. The predicted octanol–water partition coefficient (Wildman–Crippen LogP) is 7.50. The van der Waals surface area contributed by atoms with E-state index in [4.69, 9.17) is 0 Å². The highest BCUT2D eigenvalue weighted by Crippen LogP contribution is 2.16. The minimum Gasteiger partial charge on any atom is -0.0687 e. The van der Waals surface area contributed by atoms with Crippen molar-refractivity contribution in [2.24, 2.45) is 5.92 Å². The average Bonchev–Trinajstić information content (AvgIpc) is 2.84. The Morgan fingerprint density at radius 3 is 1.18 bits per heavy atom. The van der Waals surface area contributed by atoms with Crippen molar-refractivity contribution in [1.82, 2.24) is 0 Å². The van der Waals surface area contributed by atoms with Crippen LogP contribution in [0.25, 0.3) is 0 Å². The number of unbranched alkanes of at least 4 members (excludes halogenated alkanes) is 2. The van der Waals surface area contributed by atoms with Gasteiger partial charge in [0.2, 0.25) is 0 Å². The second-order valence-electron chi connectivity index (χ2n) is 6.13. The van der Waals surface area contributed by atoms with Crippen LogP contribution < -0.4 is 0 Å². The Morgan fingerprint density at radius 2 is 0.853 bits per heavy atom. The molecular formula is C34H20. The van der Waals surface area contributed by atoms with E-state index in [0.29, 0.717) is 5.92 Å². The molecule has 0 aromatic heterocycles. The molecule has 0 heterocycles. The summed E-state index contributed by atoms with van der Waals surface area (Å²) in [6, 6.07) is 0. The molecule has 0 spiro atoms. The maximum atomic E-state index is 3.32. The van der Waals surface area contributed by atoms with Crippen LogP contribution in [-0.2, 0) is 0 Å². The van der Waals surface area contributed by atoms with Gasteiger partial charge < -0.3 is 0 Å². The van der Waals surface area contributed by atoms with E-state index in [1.54, 1.807) is 0 Å². The molecule has 0 bridgehead atoms. The van der Waals surface area contributed by atoms with E-state index >= 15 is 0 Å². The number of allylic oxidation sites excluding steroid dienone is 1.